The van der Waals surface area contributed by atoms with E-state index in [1.54, 1.807) is 18.2 Å². The molecule has 0 saturated heterocycles. The van der Waals surface area contributed by atoms with E-state index in [4.69, 9.17) is 16.3 Å². The van der Waals surface area contributed by atoms with Gasteiger partial charge in [0.25, 0.3) is 5.91 Å². The monoisotopic (exact) mass is 408 g/mol. The van der Waals surface area contributed by atoms with Crippen molar-refractivity contribution in [1.29, 1.82) is 0 Å². The summed E-state index contributed by atoms with van der Waals surface area (Å²) >= 11 is 9.21. The Bertz CT molecular complexity index is 780. The summed E-state index contributed by atoms with van der Waals surface area (Å²) in [6, 6.07) is 10.7. The van der Waals surface area contributed by atoms with Crippen LogP contribution in [-0.2, 0) is 14.3 Å². The number of hydrogen-bond acceptors (Lipinski definition) is 4. The number of anilines is 1. The fourth-order valence-electron chi connectivity index (χ4n) is 1.76. The molecule has 5 nitrogen and oxygen atoms in total. The summed E-state index contributed by atoms with van der Waals surface area (Å²) in [6.45, 7) is 1.48. The SMILES string of the molecule is C[C@H](OC(=O)/C=C/c1cccc(Br)c1)C(=O)Nc1cccnc1Cl. The number of ether oxygens (including phenoxy) is 1. The minimum atomic E-state index is -0.971. The van der Waals surface area contributed by atoms with Gasteiger partial charge in [0.1, 0.15) is 0 Å². The van der Waals surface area contributed by atoms with Crippen molar-refractivity contribution in [3.8, 4) is 0 Å². The van der Waals surface area contributed by atoms with Crippen LogP contribution in [0.3, 0.4) is 0 Å². The normalized spacial score (nSPS) is 12.0. The zero-order chi connectivity index (χ0) is 17.5. The number of carbonyl (C=O) groups is 2. The van der Waals surface area contributed by atoms with E-state index in [1.165, 1.54) is 19.2 Å². The average molecular weight is 410 g/mol. The maximum Gasteiger partial charge on any atom is 0.331 e. The van der Waals surface area contributed by atoms with Gasteiger partial charge in [-0.25, -0.2) is 9.78 Å². The fraction of sp³-hybridized carbons (Fsp3) is 0.118. The van der Waals surface area contributed by atoms with Gasteiger partial charge < -0.3 is 10.1 Å². The van der Waals surface area contributed by atoms with Crippen molar-refractivity contribution < 1.29 is 14.3 Å². The summed E-state index contributed by atoms with van der Waals surface area (Å²) in [5, 5.41) is 2.72. The van der Waals surface area contributed by atoms with E-state index in [9.17, 15) is 9.59 Å². The molecule has 1 heterocycles. The van der Waals surface area contributed by atoms with Gasteiger partial charge in [-0.05, 0) is 42.8 Å². The summed E-state index contributed by atoms with van der Waals surface area (Å²) in [7, 11) is 0. The second-order valence-electron chi connectivity index (χ2n) is 4.80. The molecule has 1 atom stereocenters. The Kier molecular flexibility index (Phi) is 6.52. The summed E-state index contributed by atoms with van der Waals surface area (Å²) in [6.07, 6.45) is 3.41. The van der Waals surface area contributed by atoms with Crippen LogP contribution in [0.2, 0.25) is 5.15 Å². The number of aromatic nitrogens is 1. The highest BCUT2D eigenvalue weighted by Gasteiger charge is 2.17. The van der Waals surface area contributed by atoms with Gasteiger partial charge in [0, 0.05) is 16.7 Å². The van der Waals surface area contributed by atoms with E-state index in [2.05, 4.69) is 26.2 Å². The van der Waals surface area contributed by atoms with Gasteiger partial charge >= 0.3 is 5.97 Å². The number of rotatable bonds is 5. The van der Waals surface area contributed by atoms with E-state index in [-0.39, 0.29) is 5.15 Å². The first kappa shape index (κ1) is 18.2. The average Bonchev–Trinajstić information content (AvgIpc) is 2.55. The molecule has 1 N–H and O–H groups in total. The number of carbonyl (C=O) groups excluding carboxylic acids is 2. The minimum absolute atomic E-state index is 0.166. The number of nitrogens with zero attached hydrogens (tertiary/aromatic N) is 1. The van der Waals surface area contributed by atoms with Gasteiger partial charge in [0.2, 0.25) is 0 Å². The Balaban J connectivity index is 1.91. The van der Waals surface area contributed by atoms with E-state index in [0.717, 1.165) is 10.0 Å². The highest BCUT2D eigenvalue weighted by atomic mass is 79.9. The van der Waals surface area contributed by atoms with Crippen LogP contribution in [-0.4, -0.2) is 23.0 Å². The number of halogens is 2. The molecule has 2 aromatic rings. The third-order valence-electron chi connectivity index (χ3n) is 2.94. The van der Waals surface area contributed by atoms with Crippen LogP contribution in [0.4, 0.5) is 5.69 Å². The van der Waals surface area contributed by atoms with Crippen LogP contribution >= 0.6 is 27.5 Å². The molecule has 0 aliphatic rings. The topological polar surface area (TPSA) is 68.3 Å². The third-order valence-corrected chi connectivity index (χ3v) is 3.73. The second kappa shape index (κ2) is 8.61. The fourth-order valence-corrected chi connectivity index (χ4v) is 2.34. The molecule has 0 spiro atoms. The molecule has 1 aromatic heterocycles. The summed E-state index contributed by atoms with van der Waals surface area (Å²) in [5.74, 6) is -1.11. The van der Waals surface area contributed by atoms with Crippen LogP contribution in [0.5, 0.6) is 0 Å². The Labute approximate surface area is 152 Å². The van der Waals surface area contributed by atoms with Crippen molar-refractivity contribution in [2.45, 2.75) is 13.0 Å². The lowest BCUT2D eigenvalue weighted by Crippen LogP contribution is -2.29. The van der Waals surface area contributed by atoms with Gasteiger partial charge in [-0.2, -0.15) is 0 Å². The molecule has 2 rings (SSSR count). The van der Waals surface area contributed by atoms with Gasteiger partial charge in [-0.1, -0.05) is 39.7 Å². The van der Waals surface area contributed by atoms with Gasteiger partial charge in [-0.3, -0.25) is 4.79 Å². The molecular weight excluding hydrogens is 396 g/mol. The largest absolute Gasteiger partial charge is 0.449 e. The standard InChI is InChI=1S/C17H14BrClN2O3/c1-11(17(23)21-14-6-3-9-20-16(14)19)24-15(22)8-7-12-4-2-5-13(18)10-12/h2-11H,1H3,(H,21,23)/b8-7+/t11-/m0/s1. The highest BCUT2D eigenvalue weighted by molar-refractivity contribution is 9.10. The molecule has 0 aliphatic carbocycles. The number of hydrogen-bond donors (Lipinski definition) is 1. The second-order valence-corrected chi connectivity index (χ2v) is 6.07. The van der Waals surface area contributed by atoms with E-state index >= 15 is 0 Å². The van der Waals surface area contributed by atoms with Crippen molar-refractivity contribution >= 4 is 51.2 Å². The molecule has 1 aromatic carbocycles. The van der Waals surface area contributed by atoms with Crippen molar-refractivity contribution in [2.75, 3.05) is 5.32 Å². The first-order valence-corrected chi connectivity index (χ1v) is 8.18. The smallest absolute Gasteiger partial charge is 0.331 e. The van der Waals surface area contributed by atoms with Gasteiger partial charge in [0.15, 0.2) is 11.3 Å². The van der Waals surface area contributed by atoms with Crippen LogP contribution in [0.25, 0.3) is 6.08 Å². The molecule has 24 heavy (non-hydrogen) atoms. The Morgan fingerprint density at radius 2 is 2.12 bits per heavy atom. The maximum absolute atomic E-state index is 12.0. The van der Waals surface area contributed by atoms with Crippen LogP contribution in [0.15, 0.2) is 53.1 Å². The van der Waals surface area contributed by atoms with Crippen LogP contribution in [0, 0.1) is 0 Å². The van der Waals surface area contributed by atoms with Gasteiger partial charge in [0.05, 0.1) is 5.69 Å². The van der Waals surface area contributed by atoms with Crippen LogP contribution < -0.4 is 5.32 Å². The first-order valence-electron chi connectivity index (χ1n) is 7.01. The summed E-state index contributed by atoms with van der Waals surface area (Å²) < 4.78 is 5.97. The number of benzene rings is 1. The van der Waals surface area contributed by atoms with E-state index in [0.29, 0.717) is 5.69 Å². The lowest BCUT2D eigenvalue weighted by Gasteiger charge is -2.12. The lowest BCUT2D eigenvalue weighted by atomic mass is 10.2. The molecule has 0 bridgehead atoms. The van der Waals surface area contributed by atoms with E-state index < -0.39 is 18.0 Å². The molecule has 0 saturated carbocycles. The number of nitrogens with one attached hydrogen (secondary N) is 1. The summed E-state index contributed by atoms with van der Waals surface area (Å²) in [5.41, 5.74) is 1.19. The molecule has 124 valence electrons. The Morgan fingerprint density at radius 3 is 2.83 bits per heavy atom. The first-order chi connectivity index (χ1) is 11.5. The molecule has 7 heteroatoms. The maximum atomic E-state index is 12.0. The van der Waals surface area contributed by atoms with Crippen molar-refractivity contribution in [1.82, 2.24) is 4.98 Å². The molecule has 0 aliphatic heterocycles. The highest BCUT2D eigenvalue weighted by Crippen LogP contribution is 2.18. The number of pyridine rings is 1. The minimum Gasteiger partial charge on any atom is -0.449 e. The molecule has 0 unspecified atom stereocenters. The predicted molar refractivity (Wildman–Crippen MR) is 96.6 cm³/mol. The Hall–Kier alpha value is -2.18. The molecule has 0 radical (unpaired) electrons. The number of amides is 1. The summed E-state index contributed by atoms with van der Waals surface area (Å²) in [4.78, 5) is 27.7. The predicted octanol–water partition coefficient (Wildman–Crippen LogP) is 4.08. The van der Waals surface area contributed by atoms with Crippen LogP contribution in [0.1, 0.15) is 12.5 Å². The number of esters is 1. The quantitative estimate of drug-likeness (QED) is 0.459. The van der Waals surface area contributed by atoms with Gasteiger partial charge in [-0.15, -0.1) is 0 Å². The van der Waals surface area contributed by atoms with Crippen molar-refractivity contribution in [3.63, 3.8) is 0 Å². The lowest BCUT2D eigenvalue weighted by molar-refractivity contribution is -0.148. The zero-order valence-electron chi connectivity index (χ0n) is 12.7. The molecular formula is C17H14BrClN2O3. The van der Waals surface area contributed by atoms with E-state index in [1.807, 2.05) is 24.3 Å². The Morgan fingerprint density at radius 1 is 1.33 bits per heavy atom. The molecule has 1 amide bonds. The molecule has 0 fully saturated rings. The third kappa shape index (κ3) is 5.47. The zero-order valence-corrected chi connectivity index (χ0v) is 15.0. The van der Waals surface area contributed by atoms with Crippen molar-refractivity contribution in [2.24, 2.45) is 0 Å². The van der Waals surface area contributed by atoms with Crippen molar-refractivity contribution in [3.05, 3.63) is 63.9 Å².